The smallest absolute Gasteiger partial charge is 0.0702 e. The fraction of sp³-hybridized carbons (Fsp3) is 0.538. The molecule has 1 N–H and O–H groups in total. The molecule has 16 heavy (non-hydrogen) atoms. The van der Waals surface area contributed by atoms with Crippen LogP contribution in [0.25, 0.3) is 0 Å². The molecule has 0 fully saturated rings. The summed E-state index contributed by atoms with van der Waals surface area (Å²) < 4.78 is 5.60. The maximum Gasteiger partial charge on any atom is 0.0702 e. The minimum Gasteiger partial charge on any atom is -0.377 e. The van der Waals surface area contributed by atoms with Crippen molar-refractivity contribution < 1.29 is 4.74 Å². The molecule has 1 rings (SSSR count). The zero-order chi connectivity index (χ0) is 12.0. The van der Waals surface area contributed by atoms with E-state index >= 15 is 0 Å². The molecule has 0 saturated heterocycles. The Bertz CT molecular complexity index is 299. The van der Waals surface area contributed by atoms with Crippen LogP contribution in [0.15, 0.2) is 24.3 Å². The van der Waals surface area contributed by atoms with Crippen LogP contribution in [0.2, 0.25) is 5.02 Å². The van der Waals surface area contributed by atoms with Crippen molar-refractivity contribution in [2.45, 2.75) is 32.4 Å². The summed E-state index contributed by atoms with van der Waals surface area (Å²) in [6.07, 6.45) is 1.17. The van der Waals surface area contributed by atoms with E-state index in [2.05, 4.69) is 24.4 Å². The van der Waals surface area contributed by atoms with E-state index in [9.17, 15) is 0 Å². The Morgan fingerprint density at radius 2 is 1.94 bits per heavy atom. The molecule has 0 radical (unpaired) electrons. The Kier molecular flexibility index (Phi) is 5.81. The molecular weight excluding hydrogens is 222 g/mol. The quantitative estimate of drug-likeness (QED) is 0.827. The number of likely N-dealkylation sites (N-methyl/N-ethyl adjacent to an activating group) is 1. The second kappa shape index (κ2) is 6.89. The summed E-state index contributed by atoms with van der Waals surface area (Å²) in [5.74, 6) is 0. The van der Waals surface area contributed by atoms with Crippen LogP contribution in [0.5, 0.6) is 0 Å². The molecule has 1 aromatic carbocycles. The van der Waals surface area contributed by atoms with E-state index < -0.39 is 0 Å². The molecule has 0 amide bonds. The van der Waals surface area contributed by atoms with Crippen LogP contribution in [0.1, 0.15) is 19.4 Å². The van der Waals surface area contributed by atoms with Crippen molar-refractivity contribution in [3.05, 3.63) is 34.9 Å². The van der Waals surface area contributed by atoms with Gasteiger partial charge in [-0.3, -0.25) is 0 Å². The van der Waals surface area contributed by atoms with Crippen LogP contribution in [-0.4, -0.2) is 25.8 Å². The number of benzene rings is 1. The van der Waals surface area contributed by atoms with E-state index in [0.29, 0.717) is 6.04 Å². The molecule has 0 bridgehead atoms. The normalized spacial score (nSPS) is 14.8. The third-order valence-electron chi connectivity index (χ3n) is 2.74. The van der Waals surface area contributed by atoms with E-state index in [0.717, 1.165) is 18.1 Å². The van der Waals surface area contributed by atoms with E-state index in [4.69, 9.17) is 16.3 Å². The predicted octanol–water partition coefficient (Wildman–Crippen LogP) is 2.90. The largest absolute Gasteiger partial charge is 0.377 e. The van der Waals surface area contributed by atoms with Crippen molar-refractivity contribution in [2.75, 3.05) is 13.7 Å². The minimum absolute atomic E-state index is 0.214. The van der Waals surface area contributed by atoms with Gasteiger partial charge in [0.1, 0.15) is 0 Å². The van der Waals surface area contributed by atoms with E-state index in [1.165, 1.54) is 5.56 Å². The number of hydrogen-bond donors (Lipinski definition) is 1. The highest BCUT2D eigenvalue weighted by molar-refractivity contribution is 6.30. The van der Waals surface area contributed by atoms with Crippen LogP contribution < -0.4 is 5.32 Å². The monoisotopic (exact) mass is 241 g/mol. The van der Waals surface area contributed by atoms with Crippen LogP contribution in [-0.2, 0) is 11.2 Å². The first-order valence-electron chi connectivity index (χ1n) is 5.70. The van der Waals surface area contributed by atoms with Gasteiger partial charge in [-0.1, -0.05) is 23.7 Å². The molecule has 0 heterocycles. The molecule has 2 atom stereocenters. The number of ether oxygens (including phenoxy) is 1. The second-order valence-electron chi connectivity index (χ2n) is 3.89. The summed E-state index contributed by atoms with van der Waals surface area (Å²) >= 11 is 5.85. The minimum atomic E-state index is 0.214. The lowest BCUT2D eigenvalue weighted by atomic mass is 10.0. The molecule has 90 valence electrons. The van der Waals surface area contributed by atoms with E-state index in [1.807, 2.05) is 26.1 Å². The van der Waals surface area contributed by atoms with Gasteiger partial charge in [0.25, 0.3) is 0 Å². The van der Waals surface area contributed by atoms with Gasteiger partial charge in [0, 0.05) is 17.7 Å². The molecule has 2 unspecified atom stereocenters. The summed E-state index contributed by atoms with van der Waals surface area (Å²) in [6, 6.07) is 8.31. The number of rotatable bonds is 6. The third-order valence-corrected chi connectivity index (χ3v) is 2.99. The van der Waals surface area contributed by atoms with Crippen LogP contribution in [0.3, 0.4) is 0 Å². The molecule has 0 aromatic heterocycles. The number of nitrogens with one attached hydrogen (secondary N) is 1. The molecule has 0 saturated carbocycles. The zero-order valence-electron chi connectivity index (χ0n) is 10.2. The predicted molar refractivity (Wildman–Crippen MR) is 69.1 cm³/mol. The van der Waals surface area contributed by atoms with Crippen LogP contribution in [0, 0.1) is 0 Å². The van der Waals surface area contributed by atoms with Crippen molar-refractivity contribution in [1.29, 1.82) is 0 Å². The van der Waals surface area contributed by atoms with Gasteiger partial charge in [-0.05, 0) is 45.0 Å². The molecule has 1 aromatic rings. The highest BCUT2D eigenvalue weighted by atomic mass is 35.5. The molecule has 0 spiro atoms. The molecule has 0 aliphatic carbocycles. The molecule has 2 nitrogen and oxygen atoms in total. The SMILES string of the molecule is CCOC(C)C(Cc1ccc(Cl)cc1)NC. The fourth-order valence-electron chi connectivity index (χ4n) is 1.76. The van der Waals surface area contributed by atoms with Crippen molar-refractivity contribution in [1.82, 2.24) is 5.32 Å². The molecular formula is C13H20ClNO. The van der Waals surface area contributed by atoms with Gasteiger partial charge in [-0.2, -0.15) is 0 Å². The molecule has 0 aliphatic heterocycles. The van der Waals surface area contributed by atoms with Crippen molar-refractivity contribution in [3.8, 4) is 0 Å². The number of hydrogen-bond acceptors (Lipinski definition) is 2. The van der Waals surface area contributed by atoms with Crippen molar-refractivity contribution >= 4 is 11.6 Å². The van der Waals surface area contributed by atoms with Gasteiger partial charge in [-0.25, -0.2) is 0 Å². The first-order valence-corrected chi connectivity index (χ1v) is 6.08. The summed E-state index contributed by atoms with van der Waals surface area (Å²) in [4.78, 5) is 0. The van der Waals surface area contributed by atoms with E-state index in [1.54, 1.807) is 0 Å². The van der Waals surface area contributed by atoms with Crippen molar-refractivity contribution in [3.63, 3.8) is 0 Å². The standard InChI is InChI=1S/C13H20ClNO/c1-4-16-10(2)13(15-3)9-11-5-7-12(14)8-6-11/h5-8,10,13,15H,4,9H2,1-3H3. The average Bonchev–Trinajstić information content (AvgIpc) is 2.28. The lowest BCUT2D eigenvalue weighted by Gasteiger charge is -2.23. The maximum absolute atomic E-state index is 5.85. The third kappa shape index (κ3) is 4.12. The van der Waals surface area contributed by atoms with Gasteiger partial charge >= 0.3 is 0 Å². The summed E-state index contributed by atoms with van der Waals surface area (Å²) in [5.41, 5.74) is 1.27. The summed E-state index contributed by atoms with van der Waals surface area (Å²) in [7, 11) is 1.97. The Balaban J connectivity index is 2.59. The highest BCUT2D eigenvalue weighted by Gasteiger charge is 2.15. The van der Waals surface area contributed by atoms with Gasteiger partial charge in [-0.15, -0.1) is 0 Å². The Hall–Kier alpha value is -0.570. The second-order valence-corrected chi connectivity index (χ2v) is 4.32. The maximum atomic E-state index is 5.85. The Labute approximate surface area is 103 Å². The lowest BCUT2D eigenvalue weighted by Crippen LogP contribution is -2.39. The molecule has 0 aliphatic rings. The molecule has 3 heteroatoms. The van der Waals surface area contributed by atoms with Crippen LogP contribution >= 0.6 is 11.6 Å². The highest BCUT2D eigenvalue weighted by Crippen LogP contribution is 2.13. The van der Waals surface area contributed by atoms with Gasteiger partial charge in [0.15, 0.2) is 0 Å². The van der Waals surface area contributed by atoms with Gasteiger partial charge in [0.2, 0.25) is 0 Å². The van der Waals surface area contributed by atoms with Gasteiger partial charge < -0.3 is 10.1 Å². The summed E-state index contributed by atoms with van der Waals surface area (Å²) in [6.45, 7) is 4.87. The fourth-order valence-corrected chi connectivity index (χ4v) is 1.88. The van der Waals surface area contributed by atoms with Crippen LogP contribution in [0.4, 0.5) is 0 Å². The van der Waals surface area contributed by atoms with Gasteiger partial charge in [0.05, 0.1) is 6.10 Å². The first-order chi connectivity index (χ1) is 7.67. The number of halogens is 1. The van der Waals surface area contributed by atoms with Crippen molar-refractivity contribution in [2.24, 2.45) is 0 Å². The lowest BCUT2D eigenvalue weighted by molar-refractivity contribution is 0.0497. The summed E-state index contributed by atoms with van der Waals surface area (Å²) in [5, 5.41) is 4.07. The van der Waals surface area contributed by atoms with E-state index in [-0.39, 0.29) is 6.10 Å². The topological polar surface area (TPSA) is 21.3 Å². The first kappa shape index (κ1) is 13.5. The Morgan fingerprint density at radius 3 is 2.44 bits per heavy atom. The zero-order valence-corrected chi connectivity index (χ0v) is 10.9. The average molecular weight is 242 g/mol. The Morgan fingerprint density at radius 1 is 1.31 bits per heavy atom.